The molecule has 0 bridgehead atoms. The number of hydrogen-bond donors (Lipinski definition) is 5. The number of rotatable bonds is 2. The van der Waals surface area contributed by atoms with Crippen molar-refractivity contribution in [1.82, 2.24) is 0 Å². The predicted octanol–water partition coefficient (Wildman–Crippen LogP) is -4.80. The van der Waals surface area contributed by atoms with Gasteiger partial charge in [-0.05, 0) is 0 Å². The minimum Gasteiger partial charge on any atom is -0.794 e. The van der Waals surface area contributed by atoms with Crippen molar-refractivity contribution in [3.63, 3.8) is 0 Å². The summed E-state index contributed by atoms with van der Waals surface area (Å²) in [4.78, 5) is 49.0. The van der Waals surface area contributed by atoms with Crippen LogP contribution in [0.25, 0.3) is 0 Å². The zero-order chi connectivity index (χ0) is 7.71. The van der Waals surface area contributed by atoms with Crippen LogP contribution in [-0.2, 0) is 4.12 Å². The Morgan fingerprint density at radius 1 is 1.00 bits per heavy atom. The normalized spacial score (nSPS) is 14.0. The van der Waals surface area contributed by atoms with Crippen LogP contribution < -0.4 is 4.80 Å². The highest BCUT2D eigenvalue weighted by Gasteiger charge is 2.37. The van der Waals surface area contributed by atoms with Gasteiger partial charge in [0.2, 0.25) is 0 Å². The van der Waals surface area contributed by atoms with E-state index in [0.29, 0.717) is 0 Å². The van der Waals surface area contributed by atoms with E-state index in [-0.39, 0.29) is 0 Å². The monoisotopic (exact) mass is 173 g/mol. The molecule has 7 nitrogen and oxygen atoms in total. The third-order valence-corrected chi connectivity index (χ3v) is 2.43. The molecule has 0 aliphatic rings. The van der Waals surface area contributed by atoms with Gasteiger partial charge in [0.05, 0.1) is 0 Å². The maximum Gasteiger partial charge on any atom is 0.663 e. The molecular formula is H5O7Si2-. The lowest BCUT2D eigenvalue weighted by Crippen LogP contribution is -2.61. The zero-order valence-electron chi connectivity index (χ0n) is 4.05. The fraction of sp³-hybridized carbons (Fsp3) is 0. The van der Waals surface area contributed by atoms with Crippen LogP contribution in [0.5, 0.6) is 0 Å². The van der Waals surface area contributed by atoms with E-state index in [2.05, 4.69) is 4.12 Å². The molecule has 0 saturated heterocycles. The summed E-state index contributed by atoms with van der Waals surface area (Å²) in [5.74, 6) is 0. The average Bonchev–Trinajstić information content (AvgIpc) is 1.14. The largest absolute Gasteiger partial charge is 0.794 e. The predicted molar refractivity (Wildman–Crippen MR) is 23.7 cm³/mol. The zero-order valence-corrected chi connectivity index (χ0v) is 6.05. The van der Waals surface area contributed by atoms with Gasteiger partial charge in [0.1, 0.15) is 0 Å². The van der Waals surface area contributed by atoms with Gasteiger partial charge >= 0.3 is 18.1 Å². The van der Waals surface area contributed by atoms with Crippen LogP contribution >= 0.6 is 0 Å². The van der Waals surface area contributed by atoms with E-state index < -0.39 is 18.1 Å². The van der Waals surface area contributed by atoms with Crippen molar-refractivity contribution >= 4 is 18.1 Å². The minimum absolute atomic E-state index is 3.12. The summed E-state index contributed by atoms with van der Waals surface area (Å²) in [5.41, 5.74) is 0. The lowest BCUT2D eigenvalue weighted by molar-refractivity contribution is -0.297. The van der Waals surface area contributed by atoms with Gasteiger partial charge in [-0.1, -0.05) is 0 Å². The van der Waals surface area contributed by atoms with Gasteiger partial charge in [0.25, 0.3) is 0 Å². The van der Waals surface area contributed by atoms with Crippen molar-refractivity contribution in [2.75, 3.05) is 0 Å². The first-order valence-electron chi connectivity index (χ1n) is 1.73. The molecule has 0 aromatic heterocycles. The van der Waals surface area contributed by atoms with E-state index in [1.807, 2.05) is 0 Å². The second-order valence-corrected chi connectivity index (χ2v) is 4.29. The average molecular weight is 173 g/mol. The quantitative estimate of drug-likeness (QED) is 0.264. The molecule has 56 valence electrons. The SMILES string of the molecule is [O-][Si](O)(O)O[Si](O)(O)O. The molecule has 0 aromatic carbocycles. The third-order valence-electron chi connectivity index (χ3n) is 0.270. The molecule has 0 rings (SSSR count). The van der Waals surface area contributed by atoms with Crippen molar-refractivity contribution in [2.24, 2.45) is 0 Å². The molecule has 0 amide bonds. The second-order valence-electron chi connectivity index (χ2n) is 1.22. The summed E-state index contributed by atoms with van der Waals surface area (Å²) in [6.07, 6.45) is 0. The first-order valence-corrected chi connectivity index (χ1v) is 5.19. The van der Waals surface area contributed by atoms with Crippen LogP contribution in [0.1, 0.15) is 0 Å². The first-order chi connectivity index (χ1) is 3.71. The Balaban J connectivity index is 3.75. The summed E-state index contributed by atoms with van der Waals surface area (Å²) in [7, 11) is -10.3. The topological polar surface area (TPSA) is 133 Å². The van der Waals surface area contributed by atoms with Crippen LogP contribution in [0, 0.1) is 0 Å². The van der Waals surface area contributed by atoms with Crippen molar-refractivity contribution in [3.05, 3.63) is 0 Å². The lowest BCUT2D eigenvalue weighted by Gasteiger charge is -2.25. The van der Waals surface area contributed by atoms with Crippen molar-refractivity contribution in [1.29, 1.82) is 0 Å². The summed E-state index contributed by atoms with van der Waals surface area (Å²) >= 11 is 0. The fourth-order valence-corrected chi connectivity index (χ4v) is 1.61. The van der Waals surface area contributed by atoms with Crippen LogP contribution in [-0.4, -0.2) is 42.1 Å². The molecule has 0 saturated carbocycles. The molecule has 9 heavy (non-hydrogen) atoms. The van der Waals surface area contributed by atoms with Gasteiger partial charge in [-0.25, -0.2) is 0 Å². The summed E-state index contributed by atoms with van der Waals surface area (Å²) in [6, 6.07) is 0. The standard InChI is InChI=1S/H5O7Si2/c1-8(2,3)7-9(4,5)6/h1-5H/q-1. The molecule has 0 heterocycles. The van der Waals surface area contributed by atoms with Gasteiger partial charge in [-0.2, -0.15) is 0 Å². The van der Waals surface area contributed by atoms with E-state index in [9.17, 15) is 4.80 Å². The van der Waals surface area contributed by atoms with E-state index in [1.54, 1.807) is 0 Å². The Morgan fingerprint density at radius 2 is 1.33 bits per heavy atom. The van der Waals surface area contributed by atoms with Crippen molar-refractivity contribution < 1.29 is 32.9 Å². The van der Waals surface area contributed by atoms with Crippen molar-refractivity contribution in [2.45, 2.75) is 0 Å². The summed E-state index contributed by atoms with van der Waals surface area (Å²) < 4.78 is 3.12. The van der Waals surface area contributed by atoms with E-state index in [1.165, 1.54) is 0 Å². The molecule has 0 aromatic rings. The molecule has 5 N–H and O–H groups in total. The van der Waals surface area contributed by atoms with Crippen LogP contribution in [0.3, 0.4) is 0 Å². The molecule has 0 fully saturated rings. The van der Waals surface area contributed by atoms with Crippen LogP contribution in [0.4, 0.5) is 0 Å². The van der Waals surface area contributed by atoms with Gasteiger partial charge in [-0.15, -0.1) is 0 Å². The smallest absolute Gasteiger partial charge is 0.663 e. The fourth-order valence-electron chi connectivity index (χ4n) is 0.178. The molecule has 0 radical (unpaired) electrons. The Morgan fingerprint density at radius 3 is 1.33 bits per heavy atom. The van der Waals surface area contributed by atoms with Crippen molar-refractivity contribution in [3.8, 4) is 0 Å². The molecule has 0 spiro atoms. The second kappa shape index (κ2) is 2.41. The van der Waals surface area contributed by atoms with Gasteiger partial charge in [0, 0.05) is 0 Å². The highest BCUT2D eigenvalue weighted by molar-refractivity contribution is 6.62. The maximum atomic E-state index is 9.70. The van der Waals surface area contributed by atoms with Gasteiger partial charge in [-0.3, -0.25) is 0 Å². The van der Waals surface area contributed by atoms with Gasteiger partial charge in [0.15, 0.2) is 0 Å². The molecule has 0 unspecified atom stereocenters. The first kappa shape index (κ1) is 9.15. The Bertz CT molecular complexity index is 72.1. The highest BCUT2D eigenvalue weighted by Crippen LogP contribution is 1.93. The molecule has 0 aliphatic heterocycles. The molecular weight excluding hydrogens is 168 g/mol. The summed E-state index contributed by atoms with van der Waals surface area (Å²) in [6.45, 7) is 0. The molecule has 9 heteroatoms. The Kier molecular flexibility index (Phi) is 2.45. The molecule has 0 atom stereocenters. The van der Waals surface area contributed by atoms with E-state index in [0.717, 1.165) is 0 Å². The highest BCUT2D eigenvalue weighted by atomic mass is 28.5. The van der Waals surface area contributed by atoms with E-state index in [4.69, 9.17) is 24.0 Å². The molecule has 0 aliphatic carbocycles. The minimum atomic E-state index is -5.23. The Hall–Kier alpha value is 0.154. The van der Waals surface area contributed by atoms with Gasteiger partial charge < -0.3 is 32.9 Å². The maximum absolute atomic E-state index is 9.70. The summed E-state index contributed by atoms with van der Waals surface area (Å²) in [5, 5.41) is 0. The van der Waals surface area contributed by atoms with E-state index >= 15 is 0 Å². The third kappa shape index (κ3) is 8.15. The van der Waals surface area contributed by atoms with Crippen LogP contribution in [0.15, 0.2) is 0 Å². The Labute approximate surface area is 52.0 Å². The lowest BCUT2D eigenvalue weighted by atomic mass is 15.6. The van der Waals surface area contributed by atoms with Crippen LogP contribution in [0.2, 0.25) is 0 Å². The number of hydrogen-bond acceptors (Lipinski definition) is 7.